The van der Waals surface area contributed by atoms with Crippen molar-refractivity contribution in [3.05, 3.63) is 28.3 Å². The lowest BCUT2D eigenvalue weighted by molar-refractivity contribution is 0.581. The summed E-state index contributed by atoms with van der Waals surface area (Å²) in [5, 5.41) is 0. The van der Waals surface area contributed by atoms with E-state index < -0.39 is 0 Å². The second kappa shape index (κ2) is 3.30. The van der Waals surface area contributed by atoms with Crippen molar-refractivity contribution in [1.82, 2.24) is 0 Å². The molecule has 0 amide bonds. The highest BCUT2D eigenvalue weighted by Gasteiger charge is 2.20. The molecule has 0 unspecified atom stereocenters. The number of rotatable bonds is 0. The van der Waals surface area contributed by atoms with Crippen molar-refractivity contribution in [1.29, 1.82) is 0 Å². The van der Waals surface area contributed by atoms with Crippen LogP contribution in [-0.4, -0.2) is 0 Å². The van der Waals surface area contributed by atoms with Gasteiger partial charge in [-0.25, -0.2) is 0 Å². The molecule has 0 spiro atoms. The summed E-state index contributed by atoms with van der Waals surface area (Å²) >= 11 is 0. The van der Waals surface area contributed by atoms with E-state index in [4.69, 9.17) is 5.73 Å². The average Bonchev–Trinajstić information content (AvgIpc) is 1.97. The third-order valence-electron chi connectivity index (χ3n) is 2.89. The van der Waals surface area contributed by atoms with Gasteiger partial charge in [-0.15, -0.1) is 0 Å². The Kier molecular flexibility index (Phi) is 2.62. The molecule has 0 heterocycles. The minimum absolute atomic E-state index is 0.201. The largest absolute Gasteiger partial charge is 0.398 e. The van der Waals surface area contributed by atoms with Crippen LogP contribution in [-0.2, 0) is 5.41 Å². The Morgan fingerprint density at radius 3 is 1.93 bits per heavy atom. The Bertz CT molecular complexity index is 356. The Morgan fingerprint density at radius 1 is 1.00 bits per heavy atom. The van der Waals surface area contributed by atoms with E-state index in [1.54, 1.807) is 0 Å². The van der Waals surface area contributed by atoms with E-state index in [0.29, 0.717) is 0 Å². The number of hydrogen-bond acceptors (Lipinski definition) is 1. The second-order valence-corrected chi connectivity index (χ2v) is 5.16. The molecule has 2 N–H and O–H groups in total. The number of benzene rings is 1. The molecule has 0 aromatic heterocycles. The zero-order chi connectivity index (χ0) is 11.1. The van der Waals surface area contributed by atoms with Gasteiger partial charge in [0, 0.05) is 5.69 Å². The highest BCUT2D eigenvalue weighted by atomic mass is 14.6. The van der Waals surface area contributed by atoms with E-state index in [1.165, 1.54) is 22.3 Å². The summed E-state index contributed by atoms with van der Waals surface area (Å²) in [6, 6.07) is 2.09. The Labute approximate surface area is 87.3 Å². The SMILES string of the molecule is Cc1cc(N)c(C)c(C)c1C(C)(C)C. The van der Waals surface area contributed by atoms with Crippen LogP contribution in [0.4, 0.5) is 5.69 Å². The molecule has 0 aliphatic heterocycles. The highest BCUT2D eigenvalue weighted by molar-refractivity contribution is 5.57. The molecule has 1 heteroatoms. The van der Waals surface area contributed by atoms with Gasteiger partial charge < -0.3 is 5.73 Å². The van der Waals surface area contributed by atoms with Gasteiger partial charge >= 0.3 is 0 Å². The molecule has 0 atom stereocenters. The van der Waals surface area contributed by atoms with Crippen molar-refractivity contribution in [2.75, 3.05) is 5.73 Å². The fourth-order valence-corrected chi connectivity index (χ4v) is 2.27. The van der Waals surface area contributed by atoms with Crippen LogP contribution in [0, 0.1) is 20.8 Å². The molecule has 14 heavy (non-hydrogen) atoms. The van der Waals surface area contributed by atoms with Crippen molar-refractivity contribution < 1.29 is 0 Å². The molecular formula is C13H21N. The number of aryl methyl sites for hydroxylation is 1. The van der Waals surface area contributed by atoms with E-state index in [0.717, 1.165) is 5.69 Å². The van der Waals surface area contributed by atoms with Gasteiger partial charge in [-0.2, -0.15) is 0 Å². The van der Waals surface area contributed by atoms with Crippen molar-refractivity contribution >= 4 is 5.69 Å². The van der Waals surface area contributed by atoms with Crippen LogP contribution < -0.4 is 5.73 Å². The first-order valence-corrected chi connectivity index (χ1v) is 5.12. The first kappa shape index (κ1) is 11.1. The van der Waals surface area contributed by atoms with E-state index in [1.807, 2.05) is 0 Å². The second-order valence-electron chi connectivity index (χ2n) is 5.16. The molecule has 1 nitrogen and oxygen atoms in total. The summed E-state index contributed by atoms with van der Waals surface area (Å²) in [5.41, 5.74) is 12.3. The molecule has 0 aliphatic rings. The van der Waals surface area contributed by atoms with Gasteiger partial charge in [0.1, 0.15) is 0 Å². The predicted molar refractivity (Wildman–Crippen MR) is 63.8 cm³/mol. The number of hydrogen-bond donors (Lipinski definition) is 1. The average molecular weight is 191 g/mol. The zero-order valence-electron chi connectivity index (χ0n) is 10.2. The summed E-state index contributed by atoms with van der Waals surface area (Å²) in [6.45, 7) is 13.1. The number of nitrogen functional groups attached to an aromatic ring is 1. The first-order valence-electron chi connectivity index (χ1n) is 5.12. The monoisotopic (exact) mass is 191 g/mol. The maximum absolute atomic E-state index is 5.93. The minimum atomic E-state index is 0.201. The van der Waals surface area contributed by atoms with Crippen molar-refractivity contribution in [2.24, 2.45) is 0 Å². The van der Waals surface area contributed by atoms with Gasteiger partial charge in [-0.05, 0) is 54.5 Å². The van der Waals surface area contributed by atoms with Crippen LogP contribution >= 0.6 is 0 Å². The first-order chi connectivity index (χ1) is 6.25. The molecule has 0 fully saturated rings. The summed E-state index contributed by atoms with van der Waals surface area (Å²) in [6.07, 6.45) is 0. The molecule has 0 radical (unpaired) electrons. The fraction of sp³-hybridized carbons (Fsp3) is 0.538. The van der Waals surface area contributed by atoms with Gasteiger partial charge in [-0.3, -0.25) is 0 Å². The Balaban J connectivity index is 3.53. The van der Waals surface area contributed by atoms with Crippen LogP contribution in [0.5, 0.6) is 0 Å². The molecule has 0 aliphatic carbocycles. The van der Waals surface area contributed by atoms with Crippen molar-refractivity contribution in [3.63, 3.8) is 0 Å². The minimum Gasteiger partial charge on any atom is -0.398 e. The summed E-state index contributed by atoms with van der Waals surface area (Å²) < 4.78 is 0. The van der Waals surface area contributed by atoms with Gasteiger partial charge in [-0.1, -0.05) is 20.8 Å². The van der Waals surface area contributed by atoms with E-state index in [9.17, 15) is 0 Å². The molecule has 78 valence electrons. The normalized spacial score (nSPS) is 11.9. The van der Waals surface area contributed by atoms with E-state index in [2.05, 4.69) is 47.6 Å². The standard InChI is InChI=1S/C13H21N/c1-8-7-11(14)9(2)10(3)12(8)13(4,5)6/h7H,14H2,1-6H3. The lowest BCUT2D eigenvalue weighted by Crippen LogP contribution is -2.16. The van der Waals surface area contributed by atoms with Crippen LogP contribution in [0.2, 0.25) is 0 Å². The molecule has 0 saturated heterocycles. The lowest BCUT2D eigenvalue weighted by atomic mass is 9.79. The highest BCUT2D eigenvalue weighted by Crippen LogP contribution is 2.32. The molecule has 1 aromatic rings. The summed E-state index contributed by atoms with van der Waals surface area (Å²) in [7, 11) is 0. The van der Waals surface area contributed by atoms with Gasteiger partial charge in [0.2, 0.25) is 0 Å². The Hall–Kier alpha value is -0.980. The number of anilines is 1. The maximum atomic E-state index is 5.93. The quantitative estimate of drug-likeness (QED) is 0.624. The van der Waals surface area contributed by atoms with Crippen LogP contribution in [0.1, 0.15) is 43.0 Å². The molecule has 0 bridgehead atoms. The molecule has 1 rings (SSSR count). The molecule has 1 aromatic carbocycles. The summed E-state index contributed by atoms with van der Waals surface area (Å²) in [5.74, 6) is 0. The lowest BCUT2D eigenvalue weighted by Gasteiger charge is -2.26. The topological polar surface area (TPSA) is 26.0 Å². The molecular weight excluding hydrogens is 170 g/mol. The third kappa shape index (κ3) is 1.77. The van der Waals surface area contributed by atoms with E-state index >= 15 is 0 Å². The molecule has 0 saturated carbocycles. The van der Waals surface area contributed by atoms with Gasteiger partial charge in [0.25, 0.3) is 0 Å². The smallest absolute Gasteiger partial charge is 0.0349 e. The van der Waals surface area contributed by atoms with Crippen molar-refractivity contribution in [2.45, 2.75) is 47.0 Å². The van der Waals surface area contributed by atoms with E-state index in [-0.39, 0.29) is 5.41 Å². The zero-order valence-corrected chi connectivity index (χ0v) is 10.2. The third-order valence-corrected chi connectivity index (χ3v) is 2.89. The number of nitrogens with two attached hydrogens (primary N) is 1. The van der Waals surface area contributed by atoms with Crippen LogP contribution in [0.3, 0.4) is 0 Å². The fourth-order valence-electron chi connectivity index (χ4n) is 2.27. The Morgan fingerprint density at radius 2 is 1.50 bits per heavy atom. The maximum Gasteiger partial charge on any atom is 0.0349 e. The van der Waals surface area contributed by atoms with Crippen LogP contribution in [0.15, 0.2) is 6.07 Å². The van der Waals surface area contributed by atoms with Crippen LogP contribution in [0.25, 0.3) is 0 Å². The van der Waals surface area contributed by atoms with Crippen molar-refractivity contribution in [3.8, 4) is 0 Å². The predicted octanol–water partition coefficient (Wildman–Crippen LogP) is 3.49. The summed E-state index contributed by atoms with van der Waals surface area (Å²) in [4.78, 5) is 0. The van der Waals surface area contributed by atoms with Gasteiger partial charge in [0.15, 0.2) is 0 Å². The van der Waals surface area contributed by atoms with Gasteiger partial charge in [0.05, 0.1) is 0 Å².